The summed E-state index contributed by atoms with van der Waals surface area (Å²) in [6, 6.07) is 8.92. The first kappa shape index (κ1) is 16.3. The fraction of sp³-hybridized carbons (Fsp3) is 0.471. The standard InChI is InChI=1S/C17H22N4O3/c1-12-16(23)19(2)11-14-20(9-8-15(22)21(12)14)17(24)18-10-13-6-4-3-5-7-13/h3-7,12,14H,8-11H2,1-2H3,(H,18,24)/t12-,14-/m0/s1. The second-order valence-electron chi connectivity index (χ2n) is 6.26. The van der Waals surface area contributed by atoms with Gasteiger partial charge in [-0.25, -0.2) is 4.79 Å². The van der Waals surface area contributed by atoms with Crippen molar-refractivity contribution in [3.8, 4) is 0 Å². The van der Waals surface area contributed by atoms with Crippen LogP contribution >= 0.6 is 0 Å². The number of benzene rings is 1. The molecule has 0 radical (unpaired) electrons. The summed E-state index contributed by atoms with van der Waals surface area (Å²) in [5.74, 6) is -0.160. The van der Waals surface area contributed by atoms with Gasteiger partial charge in [0.1, 0.15) is 12.2 Å². The third-order valence-corrected chi connectivity index (χ3v) is 4.67. The molecule has 0 aromatic heterocycles. The van der Waals surface area contributed by atoms with E-state index in [9.17, 15) is 14.4 Å². The minimum Gasteiger partial charge on any atom is -0.340 e. The summed E-state index contributed by atoms with van der Waals surface area (Å²) < 4.78 is 0. The lowest BCUT2D eigenvalue weighted by atomic mass is 10.1. The van der Waals surface area contributed by atoms with Crippen molar-refractivity contribution in [2.24, 2.45) is 0 Å². The van der Waals surface area contributed by atoms with Crippen LogP contribution in [0.4, 0.5) is 4.79 Å². The van der Waals surface area contributed by atoms with Crippen LogP contribution in [0.5, 0.6) is 0 Å². The summed E-state index contributed by atoms with van der Waals surface area (Å²) in [6.45, 7) is 2.86. The lowest BCUT2D eigenvalue weighted by molar-refractivity contribution is -0.164. The van der Waals surface area contributed by atoms with E-state index in [-0.39, 0.29) is 24.3 Å². The molecule has 7 heteroatoms. The number of piperazine rings is 1. The van der Waals surface area contributed by atoms with Crippen molar-refractivity contribution in [2.75, 3.05) is 20.1 Å². The van der Waals surface area contributed by atoms with Gasteiger partial charge >= 0.3 is 6.03 Å². The number of nitrogens with one attached hydrogen (secondary N) is 1. The van der Waals surface area contributed by atoms with Crippen molar-refractivity contribution < 1.29 is 14.4 Å². The van der Waals surface area contributed by atoms with Gasteiger partial charge in [-0.15, -0.1) is 0 Å². The maximum atomic E-state index is 12.6. The van der Waals surface area contributed by atoms with E-state index >= 15 is 0 Å². The predicted octanol–water partition coefficient (Wildman–Crippen LogP) is 0.617. The minimum atomic E-state index is -0.536. The highest BCUT2D eigenvalue weighted by Crippen LogP contribution is 2.24. The number of fused-ring (bicyclic) bond motifs is 1. The summed E-state index contributed by atoms with van der Waals surface area (Å²) in [7, 11) is 1.70. The van der Waals surface area contributed by atoms with Crippen LogP contribution in [0.3, 0.4) is 0 Å². The Morgan fingerprint density at radius 3 is 2.67 bits per heavy atom. The number of hydrogen-bond donors (Lipinski definition) is 1. The molecule has 2 heterocycles. The quantitative estimate of drug-likeness (QED) is 0.864. The zero-order valence-corrected chi connectivity index (χ0v) is 13.9. The van der Waals surface area contributed by atoms with Gasteiger partial charge in [0.2, 0.25) is 11.8 Å². The van der Waals surface area contributed by atoms with E-state index in [0.29, 0.717) is 19.6 Å². The summed E-state index contributed by atoms with van der Waals surface area (Å²) in [6.07, 6.45) is -0.156. The Kier molecular flexibility index (Phi) is 4.42. The molecule has 0 saturated carbocycles. The van der Waals surface area contributed by atoms with Crippen molar-refractivity contribution in [1.29, 1.82) is 0 Å². The van der Waals surface area contributed by atoms with Crippen molar-refractivity contribution in [3.63, 3.8) is 0 Å². The molecule has 7 nitrogen and oxygen atoms in total. The smallest absolute Gasteiger partial charge is 0.319 e. The second-order valence-corrected chi connectivity index (χ2v) is 6.26. The Labute approximate surface area is 141 Å². The third kappa shape index (κ3) is 2.93. The Morgan fingerprint density at radius 1 is 1.25 bits per heavy atom. The zero-order chi connectivity index (χ0) is 17.3. The van der Waals surface area contributed by atoms with E-state index in [0.717, 1.165) is 5.56 Å². The Hall–Kier alpha value is -2.57. The van der Waals surface area contributed by atoms with Crippen LogP contribution in [-0.2, 0) is 16.1 Å². The maximum absolute atomic E-state index is 12.6. The first-order valence-corrected chi connectivity index (χ1v) is 8.13. The number of likely N-dealkylation sites (N-methyl/N-ethyl adjacent to an activating group) is 1. The average Bonchev–Trinajstić information content (AvgIpc) is 2.58. The third-order valence-electron chi connectivity index (χ3n) is 4.67. The van der Waals surface area contributed by atoms with Gasteiger partial charge in [-0.1, -0.05) is 30.3 Å². The van der Waals surface area contributed by atoms with Gasteiger partial charge < -0.3 is 20.0 Å². The van der Waals surface area contributed by atoms with Crippen LogP contribution in [0.15, 0.2) is 30.3 Å². The van der Waals surface area contributed by atoms with Crippen molar-refractivity contribution in [2.45, 2.75) is 32.1 Å². The molecule has 3 rings (SSSR count). The Bertz CT molecular complexity index is 648. The molecule has 2 aliphatic heterocycles. The normalized spacial score (nSPS) is 24.0. The lowest BCUT2D eigenvalue weighted by Crippen LogP contribution is -2.70. The van der Waals surface area contributed by atoms with Gasteiger partial charge in [-0.2, -0.15) is 0 Å². The van der Waals surface area contributed by atoms with Crippen LogP contribution in [0, 0.1) is 0 Å². The van der Waals surface area contributed by atoms with Crippen LogP contribution in [0.1, 0.15) is 18.9 Å². The van der Waals surface area contributed by atoms with Crippen LogP contribution in [-0.4, -0.2) is 64.9 Å². The van der Waals surface area contributed by atoms with Crippen LogP contribution in [0.25, 0.3) is 0 Å². The number of nitrogens with zero attached hydrogens (tertiary/aromatic N) is 3. The van der Waals surface area contributed by atoms with E-state index in [2.05, 4.69) is 5.32 Å². The summed E-state index contributed by atoms with van der Waals surface area (Å²) >= 11 is 0. The van der Waals surface area contributed by atoms with E-state index in [1.807, 2.05) is 30.3 Å². The summed E-state index contributed by atoms with van der Waals surface area (Å²) in [5.41, 5.74) is 1.01. The maximum Gasteiger partial charge on any atom is 0.319 e. The Morgan fingerprint density at radius 2 is 1.96 bits per heavy atom. The molecule has 2 aliphatic rings. The van der Waals surface area contributed by atoms with E-state index in [1.165, 1.54) is 0 Å². The molecule has 2 atom stereocenters. The highest BCUT2D eigenvalue weighted by atomic mass is 16.2. The average molecular weight is 330 g/mol. The fourth-order valence-corrected chi connectivity index (χ4v) is 3.36. The number of amides is 4. The molecule has 0 spiro atoms. The topological polar surface area (TPSA) is 73.0 Å². The molecule has 1 aromatic rings. The molecule has 1 N–H and O–H groups in total. The predicted molar refractivity (Wildman–Crippen MR) is 87.7 cm³/mol. The van der Waals surface area contributed by atoms with Crippen molar-refractivity contribution in [3.05, 3.63) is 35.9 Å². The summed E-state index contributed by atoms with van der Waals surface area (Å²) in [5, 5.41) is 2.90. The Balaban J connectivity index is 1.71. The number of carbonyl (C=O) groups is 3. The fourth-order valence-electron chi connectivity index (χ4n) is 3.36. The van der Waals surface area contributed by atoms with Crippen LogP contribution in [0.2, 0.25) is 0 Å². The van der Waals surface area contributed by atoms with Gasteiger partial charge in [0.05, 0.1) is 6.54 Å². The number of urea groups is 1. The molecule has 2 fully saturated rings. The molecular weight excluding hydrogens is 308 g/mol. The van der Waals surface area contributed by atoms with Gasteiger partial charge in [0.15, 0.2) is 0 Å². The van der Waals surface area contributed by atoms with Gasteiger partial charge in [0, 0.05) is 26.6 Å². The van der Waals surface area contributed by atoms with E-state index < -0.39 is 12.2 Å². The lowest BCUT2D eigenvalue weighted by Gasteiger charge is -2.50. The molecule has 4 amide bonds. The number of carbonyl (C=O) groups excluding carboxylic acids is 3. The number of hydrogen-bond acceptors (Lipinski definition) is 3. The molecule has 2 saturated heterocycles. The van der Waals surface area contributed by atoms with E-state index in [4.69, 9.17) is 0 Å². The van der Waals surface area contributed by atoms with Gasteiger partial charge in [0.25, 0.3) is 0 Å². The molecular formula is C17H22N4O3. The molecule has 1 aromatic carbocycles. The van der Waals surface area contributed by atoms with Crippen LogP contribution < -0.4 is 5.32 Å². The van der Waals surface area contributed by atoms with Gasteiger partial charge in [-0.05, 0) is 12.5 Å². The van der Waals surface area contributed by atoms with Crippen molar-refractivity contribution in [1.82, 2.24) is 20.0 Å². The highest BCUT2D eigenvalue weighted by molar-refractivity contribution is 5.90. The van der Waals surface area contributed by atoms with Crippen molar-refractivity contribution >= 4 is 17.8 Å². The number of rotatable bonds is 2. The molecule has 0 bridgehead atoms. The molecule has 128 valence electrons. The van der Waals surface area contributed by atoms with Gasteiger partial charge in [-0.3, -0.25) is 9.59 Å². The second kappa shape index (κ2) is 6.51. The first-order chi connectivity index (χ1) is 11.5. The zero-order valence-electron chi connectivity index (χ0n) is 13.9. The first-order valence-electron chi connectivity index (χ1n) is 8.13. The van der Waals surface area contributed by atoms with E-state index in [1.54, 1.807) is 28.7 Å². The monoisotopic (exact) mass is 330 g/mol. The summed E-state index contributed by atoms with van der Waals surface area (Å²) in [4.78, 5) is 41.8. The molecule has 0 aliphatic carbocycles. The SMILES string of the molecule is C[C@H]1C(=O)N(C)C[C@H]2N(C(=O)NCc3ccccc3)CCC(=O)N12. The molecule has 24 heavy (non-hydrogen) atoms. The largest absolute Gasteiger partial charge is 0.340 e. The molecule has 0 unspecified atom stereocenters. The highest BCUT2D eigenvalue weighted by Gasteiger charge is 2.45. The minimum absolute atomic E-state index is 0.0685.